The van der Waals surface area contributed by atoms with Crippen molar-refractivity contribution in [1.29, 1.82) is 0 Å². The van der Waals surface area contributed by atoms with Gasteiger partial charge in [-0.1, -0.05) is 18.5 Å². The van der Waals surface area contributed by atoms with Crippen molar-refractivity contribution in [3.05, 3.63) is 23.6 Å². The smallest absolute Gasteiger partial charge is 0.243 e. The highest BCUT2D eigenvalue weighted by molar-refractivity contribution is 6.31. The minimum atomic E-state index is 0.273. The number of ether oxygens (including phenoxy) is 1. The Kier molecular flexibility index (Phi) is 4.79. The summed E-state index contributed by atoms with van der Waals surface area (Å²) in [5, 5.41) is 7.66. The third-order valence-corrected chi connectivity index (χ3v) is 2.83. The summed E-state index contributed by atoms with van der Waals surface area (Å²) in [5.41, 5.74) is 0. The van der Waals surface area contributed by atoms with E-state index in [1.807, 2.05) is 20.0 Å². The predicted molar refractivity (Wildman–Crippen MR) is 78.5 cm³/mol. The lowest BCUT2D eigenvalue weighted by Gasteiger charge is -2.07. The molecule has 7 heteroatoms. The summed E-state index contributed by atoms with van der Waals surface area (Å²) < 4.78 is 7.46. The van der Waals surface area contributed by atoms with Gasteiger partial charge in [0.15, 0.2) is 5.75 Å². The van der Waals surface area contributed by atoms with Gasteiger partial charge in [-0.25, -0.2) is 4.98 Å². The quantitative estimate of drug-likeness (QED) is 0.883. The molecule has 20 heavy (non-hydrogen) atoms. The maximum Gasteiger partial charge on any atom is 0.243 e. The fraction of sp³-hybridized carbons (Fsp3) is 0.462. The normalized spacial score (nSPS) is 10.8. The molecule has 0 amide bonds. The second-order valence-electron chi connectivity index (χ2n) is 4.63. The van der Waals surface area contributed by atoms with Crippen molar-refractivity contribution in [3.63, 3.8) is 0 Å². The first-order chi connectivity index (χ1) is 9.60. The summed E-state index contributed by atoms with van der Waals surface area (Å²) in [6, 6.07) is 0.273. The van der Waals surface area contributed by atoms with Gasteiger partial charge in [-0.3, -0.25) is 4.68 Å². The first-order valence-corrected chi connectivity index (χ1v) is 6.96. The van der Waals surface area contributed by atoms with Crippen molar-refractivity contribution >= 4 is 17.5 Å². The Morgan fingerprint density at radius 1 is 1.40 bits per heavy atom. The van der Waals surface area contributed by atoms with E-state index in [1.54, 1.807) is 10.9 Å². The topological polar surface area (TPSA) is 64.9 Å². The third kappa shape index (κ3) is 3.60. The number of hydrogen-bond acceptors (Lipinski definition) is 5. The van der Waals surface area contributed by atoms with Crippen LogP contribution in [0.4, 0.5) is 5.95 Å². The zero-order chi connectivity index (χ0) is 14.5. The molecule has 0 unspecified atom stereocenters. The molecule has 2 aromatic rings. The molecule has 0 aromatic carbocycles. The number of nitrogens with one attached hydrogen (secondary N) is 1. The minimum absolute atomic E-state index is 0.273. The Balaban J connectivity index is 2.14. The molecule has 0 aliphatic carbocycles. The molecular formula is C13H18ClN5O. The van der Waals surface area contributed by atoms with Crippen LogP contribution in [0.1, 0.15) is 33.2 Å². The van der Waals surface area contributed by atoms with Crippen LogP contribution in [0, 0.1) is 0 Å². The molecule has 0 aliphatic heterocycles. The first kappa shape index (κ1) is 14.6. The van der Waals surface area contributed by atoms with Crippen molar-refractivity contribution in [2.24, 2.45) is 0 Å². The second-order valence-corrected chi connectivity index (χ2v) is 5.03. The molecule has 0 spiro atoms. The number of aromatic nitrogens is 4. The zero-order valence-electron chi connectivity index (χ0n) is 11.8. The maximum atomic E-state index is 6.04. The molecule has 2 heterocycles. The predicted octanol–water partition coefficient (Wildman–Crippen LogP) is 3.52. The number of rotatable bonds is 6. The summed E-state index contributed by atoms with van der Waals surface area (Å²) in [5.74, 6) is 1.42. The average molecular weight is 296 g/mol. The van der Waals surface area contributed by atoms with Gasteiger partial charge in [0.2, 0.25) is 11.8 Å². The summed E-state index contributed by atoms with van der Waals surface area (Å²) in [6.07, 6.45) is 5.96. The van der Waals surface area contributed by atoms with Crippen LogP contribution >= 0.6 is 11.6 Å². The van der Waals surface area contributed by atoms with E-state index in [0.717, 1.165) is 13.0 Å². The molecule has 2 rings (SSSR count). The van der Waals surface area contributed by atoms with Crippen LogP contribution in [0.5, 0.6) is 11.6 Å². The van der Waals surface area contributed by atoms with Gasteiger partial charge in [0.25, 0.3) is 0 Å². The van der Waals surface area contributed by atoms with E-state index in [9.17, 15) is 0 Å². The lowest BCUT2D eigenvalue weighted by atomic mass is 10.4. The zero-order valence-corrected chi connectivity index (χ0v) is 12.6. The summed E-state index contributed by atoms with van der Waals surface area (Å²) in [6.45, 7) is 6.95. The van der Waals surface area contributed by atoms with Gasteiger partial charge in [0.05, 0.1) is 18.6 Å². The van der Waals surface area contributed by atoms with Crippen LogP contribution < -0.4 is 10.1 Å². The molecule has 0 saturated carbocycles. The van der Waals surface area contributed by atoms with Crippen LogP contribution in [-0.2, 0) is 0 Å². The SMILES string of the molecule is CCCNc1ncc(Cl)c(Oc2cnn(C(C)C)c2)n1. The highest BCUT2D eigenvalue weighted by Gasteiger charge is 2.10. The summed E-state index contributed by atoms with van der Waals surface area (Å²) >= 11 is 6.04. The maximum absolute atomic E-state index is 6.04. The summed E-state index contributed by atoms with van der Waals surface area (Å²) in [7, 11) is 0. The van der Waals surface area contributed by atoms with Crippen molar-refractivity contribution in [2.45, 2.75) is 33.2 Å². The van der Waals surface area contributed by atoms with Gasteiger partial charge in [0, 0.05) is 12.6 Å². The molecular weight excluding hydrogens is 278 g/mol. The molecule has 2 aromatic heterocycles. The van der Waals surface area contributed by atoms with E-state index in [1.165, 1.54) is 6.20 Å². The van der Waals surface area contributed by atoms with Crippen LogP contribution in [0.15, 0.2) is 18.6 Å². The number of anilines is 1. The lowest BCUT2D eigenvalue weighted by Crippen LogP contribution is -2.04. The second kappa shape index (κ2) is 6.56. The Morgan fingerprint density at radius 3 is 2.85 bits per heavy atom. The van der Waals surface area contributed by atoms with E-state index in [0.29, 0.717) is 22.6 Å². The van der Waals surface area contributed by atoms with Crippen LogP contribution in [0.3, 0.4) is 0 Å². The van der Waals surface area contributed by atoms with Gasteiger partial charge in [-0.2, -0.15) is 10.1 Å². The molecule has 6 nitrogen and oxygen atoms in total. The van der Waals surface area contributed by atoms with Crippen molar-refractivity contribution in [3.8, 4) is 11.6 Å². The molecule has 0 atom stereocenters. The monoisotopic (exact) mass is 295 g/mol. The third-order valence-electron chi connectivity index (χ3n) is 2.57. The first-order valence-electron chi connectivity index (χ1n) is 6.58. The average Bonchev–Trinajstić information content (AvgIpc) is 2.88. The Hall–Kier alpha value is -1.82. The van der Waals surface area contributed by atoms with E-state index in [2.05, 4.69) is 27.3 Å². The number of nitrogens with zero attached hydrogens (tertiary/aromatic N) is 4. The molecule has 0 bridgehead atoms. The summed E-state index contributed by atoms with van der Waals surface area (Å²) in [4.78, 5) is 8.34. The van der Waals surface area contributed by atoms with Gasteiger partial charge in [-0.05, 0) is 20.3 Å². The van der Waals surface area contributed by atoms with E-state index in [4.69, 9.17) is 16.3 Å². The highest BCUT2D eigenvalue weighted by atomic mass is 35.5. The van der Waals surface area contributed by atoms with Crippen molar-refractivity contribution in [2.75, 3.05) is 11.9 Å². The molecule has 0 saturated heterocycles. The van der Waals surface area contributed by atoms with Gasteiger partial charge < -0.3 is 10.1 Å². The van der Waals surface area contributed by atoms with Gasteiger partial charge in [0.1, 0.15) is 5.02 Å². The van der Waals surface area contributed by atoms with Crippen LogP contribution in [0.2, 0.25) is 5.02 Å². The lowest BCUT2D eigenvalue weighted by molar-refractivity contribution is 0.458. The highest BCUT2D eigenvalue weighted by Crippen LogP contribution is 2.27. The number of hydrogen-bond donors (Lipinski definition) is 1. The molecule has 0 fully saturated rings. The van der Waals surface area contributed by atoms with E-state index >= 15 is 0 Å². The molecule has 0 radical (unpaired) electrons. The fourth-order valence-corrected chi connectivity index (χ4v) is 1.64. The molecule has 1 N–H and O–H groups in total. The Bertz CT molecular complexity index is 570. The minimum Gasteiger partial charge on any atom is -0.434 e. The van der Waals surface area contributed by atoms with Crippen LogP contribution in [-0.4, -0.2) is 26.3 Å². The van der Waals surface area contributed by atoms with Crippen LogP contribution in [0.25, 0.3) is 0 Å². The Morgan fingerprint density at radius 2 is 2.20 bits per heavy atom. The Labute approximate surface area is 123 Å². The largest absolute Gasteiger partial charge is 0.434 e. The van der Waals surface area contributed by atoms with Crippen molar-refractivity contribution < 1.29 is 4.74 Å². The standard InChI is InChI=1S/C13H18ClN5O/c1-4-5-15-13-16-7-11(14)12(18-13)20-10-6-17-19(8-10)9(2)3/h6-9H,4-5H2,1-3H3,(H,15,16,18). The molecule has 0 aliphatic rings. The van der Waals surface area contributed by atoms with Gasteiger partial charge in [-0.15, -0.1) is 0 Å². The van der Waals surface area contributed by atoms with Gasteiger partial charge >= 0.3 is 0 Å². The van der Waals surface area contributed by atoms with E-state index in [-0.39, 0.29) is 6.04 Å². The van der Waals surface area contributed by atoms with E-state index < -0.39 is 0 Å². The molecule has 108 valence electrons. The van der Waals surface area contributed by atoms with Crippen molar-refractivity contribution in [1.82, 2.24) is 19.7 Å². The fourth-order valence-electron chi connectivity index (χ4n) is 1.51. The number of halogens is 1.